The first-order valence-electron chi connectivity index (χ1n) is 8.86. The third-order valence-corrected chi connectivity index (χ3v) is 5.25. The van der Waals surface area contributed by atoms with Gasteiger partial charge in [-0.25, -0.2) is 9.98 Å². The van der Waals surface area contributed by atoms with Gasteiger partial charge in [-0.3, -0.25) is 4.98 Å². The summed E-state index contributed by atoms with van der Waals surface area (Å²) < 4.78 is 0. The molecule has 1 atom stereocenters. The van der Waals surface area contributed by atoms with Crippen LogP contribution in [0.15, 0.2) is 29.5 Å². The van der Waals surface area contributed by atoms with Gasteiger partial charge in [0.05, 0.1) is 12.2 Å². The van der Waals surface area contributed by atoms with Crippen molar-refractivity contribution in [1.82, 2.24) is 20.6 Å². The van der Waals surface area contributed by atoms with E-state index in [2.05, 4.69) is 59.4 Å². The quantitative estimate of drug-likeness (QED) is 0.585. The highest BCUT2D eigenvalue weighted by Gasteiger charge is 2.16. The first-order chi connectivity index (χ1) is 12.0. The number of guanidine groups is 1. The Morgan fingerprint density at radius 1 is 1.28 bits per heavy atom. The molecule has 2 aromatic rings. The summed E-state index contributed by atoms with van der Waals surface area (Å²) >= 11 is 1.72. The summed E-state index contributed by atoms with van der Waals surface area (Å²) in [6.07, 6.45) is 3.77. The molecule has 2 rings (SSSR count). The van der Waals surface area contributed by atoms with E-state index in [1.165, 1.54) is 10.4 Å². The van der Waals surface area contributed by atoms with Gasteiger partial charge in [-0.15, -0.1) is 11.3 Å². The van der Waals surface area contributed by atoms with Crippen molar-refractivity contribution in [2.75, 3.05) is 13.1 Å². The minimum Gasteiger partial charge on any atom is -0.357 e. The third kappa shape index (κ3) is 5.81. The van der Waals surface area contributed by atoms with Crippen molar-refractivity contribution < 1.29 is 0 Å². The Morgan fingerprint density at radius 3 is 2.64 bits per heavy atom. The monoisotopic (exact) mass is 359 g/mol. The maximum Gasteiger partial charge on any atom is 0.191 e. The van der Waals surface area contributed by atoms with Gasteiger partial charge in [0.25, 0.3) is 0 Å². The molecule has 0 bridgehead atoms. The topological polar surface area (TPSA) is 62.2 Å². The zero-order valence-electron chi connectivity index (χ0n) is 15.8. The van der Waals surface area contributed by atoms with Crippen LogP contribution in [0.5, 0.6) is 0 Å². The van der Waals surface area contributed by atoms with Gasteiger partial charge >= 0.3 is 0 Å². The Hall–Kier alpha value is -1.95. The van der Waals surface area contributed by atoms with Crippen LogP contribution in [0.4, 0.5) is 0 Å². The summed E-state index contributed by atoms with van der Waals surface area (Å²) in [6.45, 7) is 13.0. The number of thiazole rings is 1. The normalized spacial score (nSPS) is 13.1. The van der Waals surface area contributed by atoms with Crippen LogP contribution >= 0.6 is 11.3 Å². The summed E-state index contributed by atoms with van der Waals surface area (Å²) in [5.74, 6) is 1.74. The van der Waals surface area contributed by atoms with Crippen molar-refractivity contribution in [2.45, 2.75) is 47.1 Å². The van der Waals surface area contributed by atoms with Crippen molar-refractivity contribution in [3.8, 4) is 0 Å². The molecule has 0 amide bonds. The Bertz CT molecular complexity index is 659. The van der Waals surface area contributed by atoms with Crippen LogP contribution in [0.25, 0.3) is 0 Å². The standard InChI is InChI=1S/C19H29N5S/c1-6-21-19(23-12-18-24-14(4)15(5)25-18)22-11-17(13(2)3)16-8-7-9-20-10-16/h7-10,13,17H,6,11-12H2,1-5H3,(H2,21,22,23). The van der Waals surface area contributed by atoms with Gasteiger partial charge < -0.3 is 10.6 Å². The van der Waals surface area contributed by atoms with Gasteiger partial charge in [0, 0.05) is 36.3 Å². The molecule has 2 N–H and O–H groups in total. The van der Waals surface area contributed by atoms with Gasteiger partial charge in [0.15, 0.2) is 5.96 Å². The van der Waals surface area contributed by atoms with E-state index in [0.717, 1.165) is 29.8 Å². The van der Waals surface area contributed by atoms with Crippen LogP contribution in [-0.2, 0) is 6.54 Å². The summed E-state index contributed by atoms with van der Waals surface area (Å²) in [5.41, 5.74) is 2.36. The zero-order valence-corrected chi connectivity index (χ0v) is 16.7. The van der Waals surface area contributed by atoms with Gasteiger partial charge in [0.1, 0.15) is 5.01 Å². The van der Waals surface area contributed by atoms with Gasteiger partial charge in [0.2, 0.25) is 0 Å². The van der Waals surface area contributed by atoms with Crippen LogP contribution in [0, 0.1) is 19.8 Å². The Labute approximate surface area is 155 Å². The lowest BCUT2D eigenvalue weighted by atomic mass is 9.89. The van der Waals surface area contributed by atoms with E-state index in [4.69, 9.17) is 0 Å². The van der Waals surface area contributed by atoms with E-state index >= 15 is 0 Å². The maximum absolute atomic E-state index is 4.69. The lowest BCUT2D eigenvalue weighted by Crippen LogP contribution is -2.40. The molecule has 0 aliphatic rings. The molecule has 0 spiro atoms. The number of hydrogen-bond donors (Lipinski definition) is 2. The van der Waals surface area contributed by atoms with Crippen LogP contribution in [0.3, 0.4) is 0 Å². The van der Waals surface area contributed by atoms with E-state index < -0.39 is 0 Å². The number of aryl methyl sites for hydroxylation is 2. The largest absolute Gasteiger partial charge is 0.357 e. The Kier molecular flexibility index (Phi) is 7.37. The summed E-state index contributed by atoms with van der Waals surface area (Å²) in [4.78, 5) is 14.8. The Morgan fingerprint density at radius 2 is 2.08 bits per heavy atom. The van der Waals surface area contributed by atoms with E-state index in [1.54, 1.807) is 11.3 Å². The van der Waals surface area contributed by atoms with Crippen molar-refractivity contribution in [2.24, 2.45) is 10.9 Å². The van der Waals surface area contributed by atoms with Crippen LogP contribution < -0.4 is 10.6 Å². The molecular weight excluding hydrogens is 330 g/mol. The van der Waals surface area contributed by atoms with E-state index in [1.807, 2.05) is 25.4 Å². The third-order valence-electron chi connectivity index (χ3n) is 4.20. The summed E-state index contributed by atoms with van der Waals surface area (Å²) in [5, 5.41) is 7.86. The van der Waals surface area contributed by atoms with Crippen LogP contribution in [0.2, 0.25) is 0 Å². The average molecular weight is 360 g/mol. The fourth-order valence-electron chi connectivity index (χ4n) is 2.64. The number of nitrogens with zero attached hydrogens (tertiary/aromatic N) is 3. The van der Waals surface area contributed by atoms with Crippen LogP contribution in [0.1, 0.15) is 47.8 Å². The summed E-state index contributed by atoms with van der Waals surface area (Å²) in [7, 11) is 0. The first kappa shape index (κ1) is 19.4. The molecule has 2 heterocycles. The van der Waals surface area contributed by atoms with Crippen LogP contribution in [-0.4, -0.2) is 29.0 Å². The highest BCUT2D eigenvalue weighted by molar-refractivity contribution is 7.11. The van der Waals surface area contributed by atoms with Gasteiger partial charge in [-0.05, 0) is 38.3 Å². The average Bonchev–Trinajstić information content (AvgIpc) is 2.91. The second-order valence-electron chi connectivity index (χ2n) is 6.46. The number of aromatic nitrogens is 2. The van der Waals surface area contributed by atoms with E-state index in [0.29, 0.717) is 18.4 Å². The lowest BCUT2D eigenvalue weighted by molar-refractivity contribution is 0.487. The van der Waals surface area contributed by atoms with Crippen molar-refractivity contribution in [3.05, 3.63) is 45.7 Å². The molecule has 0 saturated carbocycles. The molecule has 0 aliphatic heterocycles. The van der Waals surface area contributed by atoms with Gasteiger partial charge in [-0.2, -0.15) is 0 Å². The van der Waals surface area contributed by atoms with Crippen molar-refractivity contribution >= 4 is 17.3 Å². The number of aliphatic imine (C=N–C) groups is 1. The fourth-order valence-corrected chi connectivity index (χ4v) is 3.49. The maximum atomic E-state index is 4.69. The SMILES string of the molecule is CCNC(=NCc1nc(C)c(C)s1)NCC(c1cccnc1)C(C)C. The molecule has 2 aromatic heterocycles. The number of hydrogen-bond acceptors (Lipinski definition) is 4. The summed E-state index contributed by atoms with van der Waals surface area (Å²) in [6, 6.07) is 4.14. The first-order valence-corrected chi connectivity index (χ1v) is 9.67. The molecule has 0 aliphatic carbocycles. The Balaban J connectivity index is 2.03. The van der Waals surface area contributed by atoms with Crippen molar-refractivity contribution in [1.29, 1.82) is 0 Å². The van der Waals surface area contributed by atoms with E-state index in [9.17, 15) is 0 Å². The molecule has 0 fully saturated rings. The highest BCUT2D eigenvalue weighted by Crippen LogP contribution is 2.22. The number of nitrogens with one attached hydrogen (secondary N) is 2. The minimum atomic E-state index is 0.391. The predicted molar refractivity (Wildman–Crippen MR) is 106 cm³/mol. The lowest BCUT2D eigenvalue weighted by Gasteiger charge is -2.22. The van der Waals surface area contributed by atoms with E-state index in [-0.39, 0.29) is 0 Å². The predicted octanol–water partition coefficient (Wildman–Crippen LogP) is 3.65. The molecule has 1 unspecified atom stereocenters. The zero-order chi connectivity index (χ0) is 18.2. The molecule has 0 radical (unpaired) electrons. The van der Waals surface area contributed by atoms with Gasteiger partial charge in [-0.1, -0.05) is 19.9 Å². The smallest absolute Gasteiger partial charge is 0.191 e. The number of pyridine rings is 1. The van der Waals surface area contributed by atoms with Crippen molar-refractivity contribution in [3.63, 3.8) is 0 Å². The highest BCUT2D eigenvalue weighted by atomic mass is 32.1. The fraction of sp³-hybridized carbons (Fsp3) is 0.526. The minimum absolute atomic E-state index is 0.391. The second-order valence-corrected chi connectivity index (χ2v) is 7.75. The molecule has 25 heavy (non-hydrogen) atoms. The molecule has 136 valence electrons. The molecular formula is C19H29N5S. The number of rotatable bonds is 7. The second kappa shape index (κ2) is 9.51. The molecule has 5 nitrogen and oxygen atoms in total. The molecule has 0 aromatic carbocycles. The molecule has 0 saturated heterocycles. The molecule has 6 heteroatoms.